The van der Waals surface area contributed by atoms with Crippen molar-refractivity contribution in [3.63, 3.8) is 0 Å². The molecule has 0 saturated carbocycles. The normalized spacial score (nSPS) is 18.0. The highest BCUT2D eigenvalue weighted by molar-refractivity contribution is 5.74. The molecular formula is C18H20N2O2. The zero-order chi connectivity index (χ0) is 15.4. The van der Waals surface area contributed by atoms with Gasteiger partial charge in [0.25, 0.3) is 0 Å². The van der Waals surface area contributed by atoms with E-state index in [2.05, 4.69) is 4.98 Å². The smallest absolute Gasteiger partial charge is 0.224 e. The summed E-state index contributed by atoms with van der Waals surface area (Å²) in [4.78, 5) is 18.2. The fourth-order valence-electron chi connectivity index (χ4n) is 2.97. The number of aromatic nitrogens is 1. The van der Waals surface area contributed by atoms with E-state index in [1.165, 1.54) is 0 Å². The van der Waals surface area contributed by atoms with Crippen LogP contribution in [0.2, 0.25) is 0 Å². The molecule has 1 aliphatic rings. The molecule has 22 heavy (non-hydrogen) atoms. The fourth-order valence-corrected chi connectivity index (χ4v) is 2.97. The Labute approximate surface area is 130 Å². The van der Waals surface area contributed by atoms with Gasteiger partial charge in [-0.15, -0.1) is 0 Å². The van der Waals surface area contributed by atoms with Crippen LogP contribution in [0.15, 0.2) is 48.7 Å². The van der Waals surface area contributed by atoms with E-state index in [4.69, 9.17) is 4.74 Å². The predicted octanol–water partition coefficient (Wildman–Crippen LogP) is 3.95. The van der Waals surface area contributed by atoms with E-state index in [1.807, 2.05) is 47.4 Å². The van der Waals surface area contributed by atoms with Crippen molar-refractivity contribution in [2.45, 2.75) is 32.2 Å². The van der Waals surface area contributed by atoms with E-state index in [0.717, 1.165) is 37.1 Å². The van der Waals surface area contributed by atoms with Crippen molar-refractivity contribution >= 4 is 5.91 Å². The highest BCUT2D eigenvalue weighted by Crippen LogP contribution is 2.36. The van der Waals surface area contributed by atoms with Gasteiger partial charge in [0.2, 0.25) is 11.8 Å². The lowest BCUT2D eigenvalue weighted by molar-refractivity contribution is -0.132. The van der Waals surface area contributed by atoms with Crippen LogP contribution in [-0.2, 0) is 4.79 Å². The zero-order valence-corrected chi connectivity index (χ0v) is 12.7. The van der Waals surface area contributed by atoms with E-state index in [1.54, 1.807) is 13.1 Å². The Kier molecular flexibility index (Phi) is 4.37. The van der Waals surface area contributed by atoms with Crippen LogP contribution in [-0.4, -0.2) is 22.3 Å². The molecule has 1 saturated heterocycles. The third kappa shape index (κ3) is 3.11. The summed E-state index contributed by atoms with van der Waals surface area (Å²) >= 11 is 0. The first kappa shape index (κ1) is 14.6. The van der Waals surface area contributed by atoms with Gasteiger partial charge in [-0.3, -0.25) is 4.79 Å². The molecule has 1 fully saturated rings. The molecule has 0 unspecified atom stereocenters. The van der Waals surface area contributed by atoms with Gasteiger partial charge < -0.3 is 9.64 Å². The summed E-state index contributed by atoms with van der Waals surface area (Å²) in [6.45, 7) is 2.44. The second-order valence-electron chi connectivity index (χ2n) is 5.54. The number of carbonyl (C=O) groups is 1. The number of hydrogen-bond donors (Lipinski definition) is 0. The van der Waals surface area contributed by atoms with Crippen molar-refractivity contribution in [3.05, 3.63) is 54.2 Å². The molecule has 0 spiro atoms. The molecule has 4 heteroatoms. The van der Waals surface area contributed by atoms with Crippen LogP contribution < -0.4 is 4.74 Å². The average molecular weight is 296 g/mol. The minimum atomic E-state index is 0.0543. The predicted molar refractivity (Wildman–Crippen MR) is 84.7 cm³/mol. The Morgan fingerprint density at radius 2 is 2.00 bits per heavy atom. The molecule has 0 bridgehead atoms. The Morgan fingerprint density at radius 3 is 2.77 bits per heavy atom. The van der Waals surface area contributed by atoms with Crippen molar-refractivity contribution in [3.8, 4) is 11.6 Å². The zero-order valence-electron chi connectivity index (χ0n) is 12.7. The van der Waals surface area contributed by atoms with E-state index in [-0.39, 0.29) is 11.9 Å². The molecule has 3 rings (SSSR count). The van der Waals surface area contributed by atoms with Crippen molar-refractivity contribution in [2.24, 2.45) is 0 Å². The molecule has 1 amide bonds. The van der Waals surface area contributed by atoms with Crippen LogP contribution in [0.25, 0.3) is 0 Å². The number of ether oxygens (including phenoxy) is 1. The molecule has 1 aromatic heterocycles. The fraction of sp³-hybridized carbons (Fsp3) is 0.333. The Morgan fingerprint density at radius 1 is 1.18 bits per heavy atom. The van der Waals surface area contributed by atoms with Crippen molar-refractivity contribution in [2.75, 3.05) is 6.54 Å². The highest BCUT2D eigenvalue weighted by Gasteiger charge is 2.28. The summed E-state index contributed by atoms with van der Waals surface area (Å²) in [7, 11) is 0. The molecule has 0 radical (unpaired) electrons. The summed E-state index contributed by atoms with van der Waals surface area (Å²) in [5.41, 5.74) is 0.987. The third-order valence-electron chi connectivity index (χ3n) is 4.02. The molecule has 1 atom stereocenters. The van der Waals surface area contributed by atoms with E-state index in [0.29, 0.717) is 5.88 Å². The average Bonchev–Trinajstić information content (AvgIpc) is 2.56. The van der Waals surface area contributed by atoms with Gasteiger partial charge in [-0.25, -0.2) is 4.98 Å². The molecule has 1 aliphatic heterocycles. The van der Waals surface area contributed by atoms with Gasteiger partial charge in [0.15, 0.2) is 0 Å². The lowest BCUT2D eigenvalue weighted by atomic mass is 9.96. The molecule has 2 heterocycles. The number of para-hydroxylation sites is 1. The molecule has 4 nitrogen and oxygen atoms in total. The number of amides is 1. The van der Waals surface area contributed by atoms with Gasteiger partial charge in [0.05, 0.1) is 6.04 Å². The van der Waals surface area contributed by atoms with Gasteiger partial charge in [-0.1, -0.05) is 24.3 Å². The summed E-state index contributed by atoms with van der Waals surface area (Å²) in [5, 5.41) is 0. The highest BCUT2D eigenvalue weighted by atomic mass is 16.5. The van der Waals surface area contributed by atoms with Crippen LogP contribution in [0.5, 0.6) is 11.6 Å². The second-order valence-corrected chi connectivity index (χ2v) is 5.54. The van der Waals surface area contributed by atoms with E-state index >= 15 is 0 Å². The van der Waals surface area contributed by atoms with E-state index in [9.17, 15) is 4.79 Å². The first-order valence-electron chi connectivity index (χ1n) is 7.71. The first-order valence-corrected chi connectivity index (χ1v) is 7.71. The number of rotatable bonds is 3. The molecule has 0 N–H and O–H groups in total. The SMILES string of the molecule is CC(=O)N1CCCC[C@@H]1c1cccnc1Oc1ccccc1. The monoisotopic (exact) mass is 296 g/mol. The summed E-state index contributed by atoms with van der Waals surface area (Å²) in [5.74, 6) is 1.46. The van der Waals surface area contributed by atoms with Gasteiger partial charge in [0.1, 0.15) is 5.75 Å². The summed E-state index contributed by atoms with van der Waals surface area (Å²) < 4.78 is 5.94. The van der Waals surface area contributed by atoms with Crippen LogP contribution in [0.3, 0.4) is 0 Å². The maximum atomic E-state index is 11.9. The summed E-state index contributed by atoms with van der Waals surface area (Å²) in [6.07, 6.45) is 4.86. The molecule has 0 aliphatic carbocycles. The maximum Gasteiger partial charge on any atom is 0.224 e. The van der Waals surface area contributed by atoms with Crippen LogP contribution in [0.1, 0.15) is 37.8 Å². The third-order valence-corrected chi connectivity index (χ3v) is 4.02. The molecular weight excluding hydrogens is 276 g/mol. The van der Waals surface area contributed by atoms with Gasteiger partial charge in [0, 0.05) is 25.2 Å². The van der Waals surface area contributed by atoms with Crippen LogP contribution >= 0.6 is 0 Å². The van der Waals surface area contributed by atoms with E-state index < -0.39 is 0 Å². The number of likely N-dealkylation sites (tertiary alicyclic amines) is 1. The number of nitrogens with zero attached hydrogens (tertiary/aromatic N) is 2. The quantitative estimate of drug-likeness (QED) is 0.861. The lowest BCUT2D eigenvalue weighted by Crippen LogP contribution is -2.37. The van der Waals surface area contributed by atoms with Crippen molar-refractivity contribution in [1.82, 2.24) is 9.88 Å². The Hall–Kier alpha value is -2.36. The maximum absolute atomic E-state index is 11.9. The minimum absolute atomic E-state index is 0.0543. The topological polar surface area (TPSA) is 42.4 Å². The second kappa shape index (κ2) is 6.60. The number of piperidine rings is 1. The first-order chi connectivity index (χ1) is 10.8. The van der Waals surface area contributed by atoms with Crippen molar-refractivity contribution in [1.29, 1.82) is 0 Å². The van der Waals surface area contributed by atoms with Crippen LogP contribution in [0.4, 0.5) is 0 Å². The number of carbonyl (C=O) groups excluding carboxylic acids is 1. The number of hydrogen-bond acceptors (Lipinski definition) is 3. The summed E-state index contributed by atoms with van der Waals surface area (Å²) in [6, 6.07) is 13.6. The minimum Gasteiger partial charge on any atom is -0.439 e. The molecule has 114 valence electrons. The number of pyridine rings is 1. The molecule has 1 aromatic carbocycles. The van der Waals surface area contributed by atoms with Crippen LogP contribution in [0, 0.1) is 0 Å². The lowest BCUT2D eigenvalue weighted by Gasteiger charge is -2.35. The Balaban J connectivity index is 1.91. The van der Waals surface area contributed by atoms with Gasteiger partial charge in [-0.2, -0.15) is 0 Å². The van der Waals surface area contributed by atoms with Gasteiger partial charge >= 0.3 is 0 Å². The largest absolute Gasteiger partial charge is 0.439 e. The Bertz CT molecular complexity index is 643. The standard InChI is InChI=1S/C18H20N2O2/c1-14(21)20-13-6-5-11-17(20)16-10-7-12-19-18(16)22-15-8-3-2-4-9-15/h2-4,7-10,12,17H,5-6,11,13H2,1H3/t17-/m1/s1. The molecule has 2 aromatic rings. The number of benzene rings is 1. The van der Waals surface area contributed by atoms with Crippen molar-refractivity contribution < 1.29 is 9.53 Å². The van der Waals surface area contributed by atoms with Gasteiger partial charge in [-0.05, 0) is 37.5 Å².